The highest BCUT2D eigenvalue weighted by atomic mass is 16.5. The zero-order valence-corrected chi connectivity index (χ0v) is 9.10. The second-order valence-electron chi connectivity index (χ2n) is 3.77. The minimum Gasteiger partial charge on any atom is -0.409 e. The third kappa shape index (κ3) is 2.50. The van der Waals surface area contributed by atoms with E-state index in [0.717, 1.165) is 0 Å². The predicted molar refractivity (Wildman–Crippen MR) is 55.5 cm³/mol. The lowest BCUT2D eigenvalue weighted by Gasteiger charge is -2.21. The molecule has 0 saturated heterocycles. The van der Waals surface area contributed by atoms with Crippen LogP contribution in [-0.2, 0) is 11.3 Å². The second-order valence-corrected chi connectivity index (χ2v) is 3.77. The standard InChI is InChI=1S/C9H14N4O3/c1-9(2,7(10)13-15)8(14)11-5-6-3-4-12-16-6/h3-4,15H,5H2,1-2H3,(H2,10,13)(H,11,14). The van der Waals surface area contributed by atoms with E-state index in [-0.39, 0.29) is 18.3 Å². The average molecular weight is 226 g/mol. The molecule has 0 aliphatic rings. The van der Waals surface area contributed by atoms with Gasteiger partial charge in [-0.3, -0.25) is 4.79 Å². The van der Waals surface area contributed by atoms with Crippen LogP contribution in [0, 0.1) is 5.41 Å². The number of rotatable bonds is 4. The summed E-state index contributed by atoms with van der Waals surface area (Å²) in [7, 11) is 0. The molecule has 1 rings (SSSR count). The normalized spacial score (nSPS) is 12.5. The summed E-state index contributed by atoms with van der Waals surface area (Å²) in [6, 6.07) is 1.64. The van der Waals surface area contributed by atoms with Gasteiger partial charge in [-0.1, -0.05) is 10.3 Å². The summed E-state index contributed by atoms with van der Waals surface area (Å²) in [6.45, 7) is 3.32. The molecule has 1 amide bonds. The molecule has 1 aromatic rings. The number of hydrogen-bond acceptors (Lipinski definition) is 5. The van der Waals surface area contributed by atoms with Gasteiger partial charge in [-0.05, 0) is 13.8 Å². The first kappa shape index (κ1) is 12.0. The van der Waals surface area contributed by atoms with Gasteiger partial charge in [0.1, 0.15) is 5.41 Å². The summed E-state index contributed by atoms with van der Waals surface area (Å²) >= 11 is 0. The summed E-state index contributed by atoms with van der Waals surface area (Å²) in [5, 5.41) is 17.4. The van der Waals surface area contributed by atoms with Crippen molar-refractivity contribution in [3.05, 3.63) is 18.0 Å². The smallest absolute Gasteiger partial charge is 0.233 e. The first-order chi connectivity index (χ1) is 7.48. The lowest BCUT2D eigenvalue weighted by atomic mass is 9.91. The van der Waals surface area contributed by atoms with E-state index in [1.54, 1.807) is 19.9 Å². The molecule has 4 N–H and O–H groups in total. The molecule has 0 bridgehead atoms. The van der Waals surface area contributed by atoms with Gasteiger partial charge in [0.2, 0.25) is 5.91 Å². The highest BCUT2D eigenvalue weighted by Crippen LogP contribution is 2.15. The van der Waals surface area contributed by atoms with Gasteiger partial charge < -0.3 is 20.8 Å². The summed E-state index contributed by atoms with van der Waals surface area (Å²) < 4.78 is 4.81. The first-order valence-corrected chi connectivity index (χ1v) is 4.64. The topological polar surface area (TPSA) is 114 Å². The van der Waals surface area contributed by atoms with Crippen LogP contribution in [0.1, 0.15) is 19.6 Å². The number of aromatic nitrogens is 1. The van der Waals surface area contributed by atoms with Crippen molar-refractivity contribution >= 4 is 11.7 Å². The quantitative estimate of drug-likeness (QED) is 0.291. The maximum Gasteiger partial charge on any atom is 0.233 e. The Balaban J connectivity index is 2.59. The Kier molecular flexibility index (Phi) is 3.49. The Morgan fingerprint density at radius 3 is 2.94 bits per heavy atom. The van der Waals surface area contributed by atoms with Crippen LogP contribution in [0.2, 0.25) is 0 Å². The molecule has 0 unspecified atom stereocenters. The fourth-order valence-corrected chi connectivity index (χ4v) is 0.963. The van der Waals surface area contributed by atoms with Gasteiger partial charge in [0.15, 0.2) is 11.6 Å². The number of nitrogens with two attached hydrogens (primary N) is 1. The predicted octanol–water partition coefficient (Wildman–Crippen LogP) is 0.0634. The van der Waals surface area contributed by atoms with Crippen molar-refractivity contribution in [2.24, 2.45) is 16.3 Å². The van der Waals surface area contributed by atoms with Gasteiger partial charge in [0.25, 0.3) is 0 Å². The van der Waals surface area contributed by atoms with Crippen LogP contribution in [-0.4, -0.2) is 22.1 Å². The largest absolute Gasteiger partial charge is 0.409 e. The van der Waals surface area contributed by atoms with Crippen molar-refractivity contribution < 1.29 is 14.5 Å². The van der Waals surface area contributed by atoms with Crippen molar-refractivity contribution in [3.63, 3.8) is 0 Å². The Bertz CT molecular complexity index is 383. The van der Waals surface area contributed by atoms with Crippen molar-refractivity contribution in [3.8, 4) is 0 Å². The molecule has 0 radical (unpaired) electrons. The van der Waals surface area contributed by atoms with E-state index in [2.05, 4.69) is 15.6 Å². The van der Waals surface area contributed by atoms with Crippen LogP contribution in [0.25, 0.3) is 0 Å². The number of carbonyl (C=O) groups is 1. The molecule has 1 heterocycles. The molecule has 88 valence electrons. The van der Waals surface area contributed by atoms with Crippen LogP contribution < -0.4 is 11.1 Å². The number of nitrogens with zero attached hydrogens (tertiary/aromatic N) is 2. The summed E-state index contributed by atoms with van der Waals surface area (Å²) in [6.07, 6.45) is 1.48. The van der Waals surface area contributed by atoms with Gasteiger partial charge >= 0.3 is 0 Å². The number of amides is 1. The van der Waals surface area contributed by atoms with Crippen LogP contribution in [0.3, 0.4) is 0 Å². The zero-order chi connectivity index (χ0) is 12.2. The monoisotopic (exact) mass is 226 g/mol. The summed E-state index contributed by atoms with van der Waals surface area (Å²) in [5.74, 6) is 0.0189. The first-order valence-electron chi connectivity index (χ1n) is 4.64. The van der Waals surface area contributed by atoms with E-state index in [0.29, 0.717) is 5.76 Å². The van der Waals surface area contributed by atoms with Gasteiger partial charge in [0, 0.05) is 6.07 Å². The molecular formula is C9H14N4O3. The van der Waals surface area contributed by atoms with E-state index >= 15 is 0 Å². The number of carbonyl (C=O) groups excluding carboxylic acids is 1. The van der Waals surface area contributed by atoms with E-state index in [1.807, 2.05) is 0 Å². The molecule has 0 aliphatic heterocycles. The van der Waals surface area contributed by atoms with Gasteiger partial charge in [-0.2, -0.15) is 0 Å². The van der Waals surface area contributed by atoms with Crippen molar-refractivity contribution in [1.82, 2.24) is 10.5 Å². The van der Waals surface area contributed by atoms with Crippen molar-refractivity contribution in [2.45, 2.75) is 20.4 Å². The van der Waals surface area contributed by atoms with E-state index < -0.39 is 5.41 Å². The van der Waals surface area contributed by atoms with E-state index in [4.69, 9.17) is 15.5 Å². The molecular weight excluding hydrogens is 212 g/mol. The lowest BCUT2D eigenvalue weighted by molar-refractivity contribution is -0.126. The van der Waals surface area contributed by atoms with E-state index in [1.165, 1.54) is 6.20 Å². The van der Waals surface area contributed by atoms with E-state index in [9.17, 15) is 4.79 Å². The SMILES string of the molecule is CC(C)(C(=O)NCc1ccno1)C(N)=NO. The molecule has 0 atom stereocenters. The Morgan fingerprint density at radius 2 is 2.44 bits per heavy atom. The molecule has 0 spiro atoms. The molecule has 0 saturated carbocycles. The Morgan fingerprint density at radius 1 is 1.75 bits per heavy atom. The summed E-state index contributed by atoms with van der Waals surface area (Å²) in [5.41, 5.74) is 4.33. The third-order valence-corrected chi connectivity index (χ3v) is 2.23. The zero-order valence-electron chi connectivity index (χ0n) is 9.10. The minimum absolute atomic E-state index is 0.150. The highest BCUT2D eigenvalue weighted by molar-refractivity contribution is 6.05. The van der Waals surface area contributed by atoms with Gasteiger partial charge in [-0.15, -0.1) is 0 Å². The van der Waals surface area contributed by atoms with Crippen LogP contribution in [0.4, 0.5) is 0 Å². The fourth-order valence-electron chi connectivity index (χ4n) is 0.963. The molecule has 0 aliphatic carbocycles. The fraction of sp³-hybridized carbons (Fsp3) is 0.444. The Hall–Kier alpha value is -2.05. The number of oxime groups is 1. The Labute approximate surface area is 92.3 Å². The second kappa shape index (κ2) is 4.65. The van der Waals surface area contributed by atoms with Crippen molar-refractivity contribution in [1.29, 1.82) is 0 Å². The maximum absolute atomic E-state index is 11.7. The van der Waals surface area contributed by atoms with Crippen molar-refractivity contribution in [2.75, 3.05) is 0 Å². The van der Waals surface area contributed by atoms with Crippen LogP contribution >= 0.6 is 0 Å². The average Bonchev–Trinajstić information content (AvgIpc) is 2.77. The molecule has 7 nitrogen and oxygen atoms in total. The number of hydrogen-bond donors (Lipinski definition) is 3. The molecule has 16 heavy (non-hydrogen) atoms. The number of nitrogens with one attached hydrogen (secondary N) is 1. The third-order valence-electron chi connectivity index (χ3n) is 2.23. The molecule has 0 fully saturated rings. The van der Waals surface area contributed by atoms with Gasteiger partial charge in [-0.25, -0.2) is 0 Å². The highest BCUT2D eigenvalue weighted by Gasteiger charge is 2.32. The molecule has 0 aromatic carbocycles. The molecule has 1 aromatic heterocycles. The van der Waals surface area contributed by atoms with Crippen LogP contribution in [0.15, 0.2) is 21.9 Å². The van der Waals surface area contributed by atoms with Crippen LogP contribution in [0.5, 0.6) is 0 Å². The summed E-state index contributed by atoms with van der Waals surface area (Å²) in [4.78, 5) is 11.7. The van der Waals surface area contributed by atoms with Gasteiger partial charge in [0.05, 0.1) is 12.7 Å². The lowest BCUT2D eigenvalue weighted by Crippen LogP contribution is -2.45. The number of amidine groups is 1. The maximum atomic E-state index is 11.7. The molecule has 7 heteroatoms. The minimum atomic E-state index is -1.07.